The highest BCUT2D eigenvalue weighted by molar-refractivity contribution is 7.17. The standard InChI is InChI=1S/C16H17N3OS/c1-11(12-6-4-3-5-7-12)19(2)10-14-17-13-8-9-21-15(13)16(20)18-14/h3-9,11H,10H2,1-2H3,(H,17,18,20)/t11-/m1/s1. The van der Waals surface area contributed by atoms with E-state index in [0.29, 0.717) is 17.1 Å². The van der Waals surface area contributed by atoms with Crippen molar-refractivity contribution in [1.82, 2.24) is 14.9 Å². The van der Waals surface area contributed by atoms with Crippen LogP contribution in [-0.2, 0) is 6.54 Å². The molecule has 0 aliphatic rings. The van der Waals surface area contributed by atoms with Gasteiger partial charge in [-0.2, -0.15) is 0 Å². The van der Waals surface area contributed by atoms with E-state index in [4.69, 9.17) is 0 Å². The number of fused-ring (bicyclic) bond motifs is 1. The highest BCUT2D eigenvalue weighted by Crippen LogP contribution is 2.20. The number of rotatable bonds is 4. The van der Waals surface area contributed by atoms with Crippen molar-refractivity contribution in [3.8, 4) is 0 Å². The molecular formula is C16H17N3OS. The van der Waals surface area contributed by atoms with Crippen molar-refractivity contribution in [2.24, 2.45) is 0 Å². The fourth-order valence-electron chi connectivity index (χ4n) is 2.36. The van der Waals surface area contributed by atoms with Gasteiger partial charge in [0, 0.05) is 6.04 Å². The molecule has 21 heavy (non-hydrogen) atoms. The van der Waals surface area contributed by atoms with Crippen molar-refractivity contribution in [3.63, 3.8) is 0 Å². The Morgan fingerprint density at radius 3 is 2.81 bits per heavy atom. The monoisotopic (exact) mass is 299 g/mol. The zero-order valence-corrected chi connectivity index (χ0v) is 12.9. The van der Waals surface area contributed by atoms with Crippen LogP contribution >= 0.6 is 11.3 Å². The minimum Gasteiger partial charge on any atom is -0.308 e. The molecule has 3 rings (SSSR count). The number of nitrogens with one attached hydrogen (secondary N) is 1. The third-order valence-corrected chi connectivity index (χ3v) is 4.61. The van der Waals surface area contributed by atoms with Crippen molar-refractivity contribution in [2.45, 2.75) is 19.5 Å². The van der Waals surface area contributed by atoms with Gasteiger partial charge in [-0.25, -0.2) is 4.98 Å². The Balaban J connectivity index is 1.83. The van der Waals surface area contributed by atoms with Crippen LogP contribution in [0.15, 0.2) is 46.6 Å². The fourth-order valence-corrected chi connectivity index (χ4v) is 3.08. The minimum absolute atomic E-state index is 0.0502. The summed E-state index contributed by atoms with van der Waals surface area (Å²) in [5, 5.41) is 1.90. The van der Waals surface area contributed by atoms with Gasteiger partial charge < -0.3 is 4.98 Å². The molecule has 1 N–H and O–H groups in total. The Hall–Kier alpha value is -1.98. The van der Waals surface area contributed by atoms with Crippen LogP contribution in [-0.4, -0.2) is 21.9 Å². The van der Waals surface area contributed by atoms with E-state index in [9.17, 15) is 4.79 Å². The number of thiophene rings is 1. The van der Waals surface area contributed by atoms with Crippen LogP contribution in [0.3, 0.4) is 0 Å². The lowest BCUT2D eigenvalue weighted by atomic mass is 10.1. The maximum atomic E-state index is 12.0. The molecule has 0 unspecified atom stereocenters. The van der Waals surface area contributed by atoms with Crippen molar-refractivity contribution in [2.75, 3.05) is 7.05 Å². The molecule has 0 radical (unpaired) electrons. The first-order valence-electron chi connectivity index (χ1n) is 6.87. The van der Waals surface area contributed by atoms with E-state index in [1.807, 2.05) is 36.7 Å². The summed E-state index contributed by atoms with van der Waals surface area (Å²) in [4.78, 5) is 21.6. The smallest absolute Gasteiger partial charge is 0.268 e. The second-order valence-electron chi connectivity index (χ2n) is 5.15. The topological polar surface area (TPSA) is 49.0 Å². The summed E-state index contributed by atoms with van der Waals surface area (Å²) in [7, 11) is 2.04. The van der Waals surface area contributed by atoms with Crippen LogP contribution < -0.4 is 5.56 Å². The van der Waals surface area contributed by atoms with Gasteiger partial charge in [0.15, 0.2) is 0 Å². The van der Waals surface area contributed by atoms with E-state index >= 15 is 0 Å². The van der Waals surface area contributed by atoms with Gasteiger partial charge in [0.05, 0.1) is 12.1 Å². The molecule has 5 heteroatoms. The van der Waals surface area contributed by atoms with E-state index in [-0.39, 0.29) is 11.6 Å². The number of nitrogens with zero attached hydrogens (tertiary/aromatic N) is 2. The molecule has 0 aliphatic carbocycles. The number of aromatic nitrogens is 2. The number of benzene rings is 1. The molecule has 1 aromatic carbocycles. The Morgan fingerprint density at radius 1 is 1.29 bits per heavy atom. The molecule has 3 aromatic rings. The predicted molar refractivity (Wildman–Crippen MR) is 86.6 cm³/mol. The molecule has 0 fully saturated rings. The molecule has 0 aliphatic heterocycles. The SMILES string of the molecule is C[C@H](c1ccccc1)N(C)Cc1nc2ccsc2c(=O)[nH]1. The fraction of sp³-hybridized carbons (Fsp3) is 0.250. The quantitative estimate of drug-likeness (QED) is 0.805. The van der Waals surface area contributed by atoms with Gasteiger partial charge in [-0.3, -0.25) is 9.69 Å². The largest absolute Gasteiger partial charge is 0.308 e. The van der Waals surface area contributed by atoms with Crippen molar-refractivity contribution < 1.29 is 0 Å². The Morgan fingerprint density at radius 2 is 2.05 bits per heavy atom. The van der Waals surface area contributed by atoms with E-state index in [1.165, 1.54) is 16.9 Å². The van der Waals surface area contributed by atoms with Crippen LogP contribution in [0, 0.1) is 0 Å². The summed E-state index contributed by atoms with van der Waals surface area (Å²) >= 11 is 1.42. The third-order valence-electron chi connectivity index (χ3n) is 3.71. The summed E-state index contributed by atoms with van der Waals surface area (Å²) in [6.07, 6.45) is 0. The minimum atomic E-state index is -0.0502. The average molecular weight is 299 g/mol. The molecule has 0 saturated carbocycles. The Bertz CT molecular complexity index is 794. The Labute approximate surface area is 127 Å². The van der Waals surface area contributed by atoms with Gasteiger partial charge in [-0.05, 0) is 31.0 Å². The lowest BCUT2D eigenvalue weighted by molar-refractivity contribution is 0.247. The normalized spacial score (nSPS) is 12.9. The van der Waals surface area contributed by atoms with Crippen molar-refractivity contribution >= 4 is 21.6 Å². The zero-order chi connectivity index (χ0) is 14.8. The zero-order valence-electron chi connectivity index (χ0n) is 12.0. The lowest BCUT2D eigenvalue weighted by Crippen LogP contribution is -2.24. The van der Waals surface area contributed by atoms with Crippen LogP contribution in [0.1, 0.15) is 24.4 Å². The van der Waals surface area contributed by atoms with E-state index < -0.39 is 0 Å². The summed E-state index contributed by atoms with van der Waals surface area (Å²) < 4.78 is 0.692. The number of hydrogen-bond donors (Lipinski definition) is 1. The third kappa shape index (κ3) is 2.89. The van der Waals surface area contributed by atoms with Gasteiger partial charge in [0.2, 0.25) is 0 Å². The molecule has 2 aromatic heterocycles. The summed E-state index contributed by atoms with van der Waals surface area (Å²) in [6.45, 7) is 2.76. The molecule has 0 saturated heterocycles. The number of hydrogen-bond acceptors (Lipinski definition) is 4. The maximum Gasteiger partial charge on any atom is 0.268 e. The second-order valence-corrected chi connectivity index (χ2v) is 6.07. The van der Waals surface area contributed by atoms with Gasteiger partial charge in [0.1, 0.15) is 10.5 Å². The molecule has 1 atom stereocenters. The van der Waals surface area contributed by atoms with Crippen LogP contribution in [0.4, 0.5) is 0 Å². The van der Waals surface area contributed by atoms with Crippen LogP contribution in [0.25, 0.3) is 10.2 Å². The summed E-state index contributed by atoms with van der Waals surface area (Å²) in [6, 6.07) is 12.5. The van der Waals surface area contributed by atoms with Gasteiger partial charge >= 0.3 is 0 Å². The first kappa shape index (κ1) is 14.0. The lowest BCUT2D eigenvalue weighted by Gasteiger charge is -2.24. The highest BCUT2D eigenvalue weighted by Gasteiger charge is 2.13. The molecule has 0 amide bonds. The molecule has 0 spiro atoms. The molecule has 4 nitrogen and oxygen atoms in total. The van der Waals surface area contributed by atoms with E-state index in [2.05, 4.69) is 33.9 Å². The van der Waals surface area contributed by atoms with Crippen molar-refractivity contribution in [3.05, 3.63) is 63.5 Å². The maximum absolute atomic E-state index is 12.0. The molecule has 0 bridgehead atoms. The molecular weight excluding hydrogens is 282 g/mol. The van der Waals surface area contributed by atoms with E-state index in [0.717, 1.165) is 5.52 Å². The van der Waals surface area contributed by atoms with Gasteiger partial charge in [0.25, 0.3) is 5.56 Å². The van der Waals surface area contributed by atoms with Crippen molar-refractivity contribution in [1.29, 1.82) is 0 Å². The number of aromatic amines is 1. The Kier molecular flexibility index (Phi) is 3.86. The van der Waals surface area contributed by atoms with Crippen LogP contribution in [0.2, 0.25) is 0 Å². The first-order chi connectivity index (χ1) is 10.1. The first-order valence-corrected chi connectivity index (χ1v) is 7.74. The average Bonchev–Trinajstić information content (AvgIpc) is 2.96. The summed E-state index contributed by atoms with van der Waals surface area (Å²) in [5.74, 6) is 0.705. The van der Waals surface area contributed by atoms with Crippen LogP contribution in [0.5, 0.6) is 0 Å². The van der Waals surface area contributed by atoms with Gasteiger partial charge in [-0.15, -0.1) is 11.3 Å². The highest BCUT2D eigenvalue weighted by atomic mass is 32.1. The molecule has 2 heterocycles. The second kappa shape index (κ2) is 5.79. The number of H-pyrrole nitrogens is 1. The molecule has 108 valence electrons. The summed E-state index contributed by atoms with van der Waals surface area (Å²) in [5.41, 5.74) is 1.98. The van der Waals surface area contributed by atoms with E-state index in [1.54, 1.807) is 0 Å². The predicted octanol–water partition coefficient (Wildman–Crippen LogP) is 3.18. The van der Waals surface area contributed by atoms with Gasteiger partial charge in [-0.1, -0.05) is 30.3 Å².